The van der Waals surface area contributed by atoms with Crippen molar-refractivity contribution in [3.63, 3.8) is 0 Å². The third-order valence-corrected chi connectivity index (χ3v) is 6.84. The lowest BCUT2D eigenvalue weighted by Gasteiger charge is -2.37. The van der Waals surface area contributed by atoms with Crippen LogP contribution < -0.4 is 5.32 Å². The van der Waals surface area contributed by atoms with Crippen LogP contribution in [0.1, 0.15) is 16.7 Å². The van der Waals surface area contributed by atoms with Crippen LogP contribution in [0.25, 0.3) is 0 Å². The van der Waals surface area contributed by atoms with E-state index in [4.69, 9.17) is 5.11 Å². The molecule has 3 aromatic rings. The van der Waals surface area contributed by atoms with Crippen LogP contribution in [-0.2, 0) is 5.54 Å². The highest BCUT2D eigenvalue weighted by molar-refractivity contribution is 8.76. The molecule has 0 atom stereocenters. The van der Waals surface area contributed by atoms with E-state index in [1.807, 2.05) is 0 Å². The predicted molar refractivity (Wildman–Crippen MR) is 119 cm³/mol. The third kappa shape index (κ3) is 4.96. The molecule has 0 aliphatic rings. The summed E-state index contributed by atoms with van der Waals surface area (Å²) >= 11 is 0. The lowest BCUT2D eigenvalue weighted by atomic mass is 9.77. The summed E-state index contributed by atoms with van der Waals surface area (Å²) in [5, 5.41) is 12.8. The standard InChI is InChI=1S/C23H25NOS2/c25-17-19-27-26-18-16-24-23(20-10-4-1-5-11-20,21-12-6-2-7-13-21)22-14-8-3-9-15-22/h1-15,24-25H,16-19H2. The Labute approximate surface area is 169 Å². The molecular formula is C23H25NOS2. The lowest BCUT2D eigenvalue weighted by molar-refractivity contribution is 0.323. The first-order valence-electron chi connectivity index (χ1n) is 9.15. The van der Waals surface area contributed by atoms with Crippen molar-refractivity contribution >= 4 is 21.6 Å². The molecule has 0 aromatic heterocycles. The van der Waals surface area contributed by atoms with Crippen molar-refractivity contribution in [2.24, 2.45) is 0 Å². The van der Waals surface area contributed by atoms with Crippen LogP contribution in [0.15, 0.2) is 91.0 Å². The molecule has 0 unspecified atom stereocenters. The normalized spacial score (nSPS) is 11.4. The summed E-state index contributed by atoms with van der Waals surface area (Å²) in [7, 11) is 3.52. The molecule has 27 heavy (non-hydrogen) atoms. The Bertz CT molecular complexity index is 685. The van der Waals surface area contributed by atoms with Gasteiger partial charge in [-0.1, -0.05) is 113 Å². The summed E-state index contributed by atoms with van der Waals surface area (Å²) in [6, 6.07) is 32.0. The second-order valence-corrected chi connectivity index (χ2v) is 8.84. The number of aliphatic hydroxyl groups excluding tert-OH is 1. The van der Waals surface area contributed by atoms with E-state index in [1.54, 1.807) is 21.6 Å². The second kappa shape index (κ2) is 10.6. The highest BCUT2D eigenvalue weighted by atomic mass is 33.1. The van der Waals surface area contributed by atoms with Gasteiger partial charge in [-0.15, -0.1) is 0 Å². The smallest absolute Gasteiger partial charge is 0.0948 e. The highest BCUT2D eigenvalue weighted by Gasteiger charge is 2.35. The van der Waals surface area contributed by atoms with Gasteiger partial charge in [0.1, 0.15) is 0 Å². The fourth-order valence-electron chi connectivity index (χ4n) is 3.31. The average molecular weight is 396 g/mol. The fourth-order valence-corrected chi connectivity index (χ4v) is 4.98. The Balaban J connectivity index is 1.98. The molecule has 0 spiro atoms. The summed E-state index contributed by atoms with van der Waals surface area (Å²) in [6.07, 6.45) is 0. The Morgan fingerprint density at radius 1 is 0.630 bits per heavy atom. The van der Waals surface area contributed by atoms with E-state index in [-0.39, 0.29) is 6.61 Å². The zero-order valence-electron chi connectivity index (χ0n) is 15.3. The van der Waals surface area contributed by atoms with Crippen LogP contribution in [0.5, 0.6) is 0 Å². The molecule has 0 heterocycles. The minimum atomic E-state index is -0.397. The first kappa shape index (κ1) is 20.0. The molecule has 3 rings (SSSR count). The third-order valence-electron chi connectivity index (χ3n) is 4.45. The van der Waals surface area contributed by atoms with Crippen molar-refractivity contribution < 1.29 is 5.11 Å². The van der Waals surface area contributed by atoms with Gasteiger partial charge in [0.2, 0.25) is 0 Å². The topological polar surface area (TPSA) is 32.3 Å². The first-order valence-corrected chi connectivity index (χ1v) is 11.6. The van der Waals surface area contributed by atoms with Gasteiger partial charge in [-0.05, 0) is 16.7 Å². The van der Waals surface area contributed by atoms with E-state index in [9.17, 15) is 0 Å². The van der Waals surface area contributed by atoms with E-state index >= 15 is 0 Å². The zero-order chi connectivity index (χ0) is 18.8. The Morgan fingerprint density at radius 3 is 1.44 bits per heavy atom. The summed E-state index contributed by atoms with van der Waals surface area (Å²) in [5.41, 5.74) is 3.30. The molecule has 3 aromatic carbocycles. The van der Waals surface area contributed by atoms with Crippen molar-refractivity contribution in [1.82, 2.24) is 5.32 Å². The SMILES string of the molecule is OCCSSCCNC(c1ccccc1)(c1ccccc1)c1ccccc1. The molecule has 140 valence electrons. The van der Waals surface area contributed by atoms with E-state index in [0.717, 1.165) is 18.1 Å². The Morgan fingerprint density at radius 2 is 1.04 bits per heavy atom. The quantitative estimate of drug-likeness (QED) is 0.289. The van der Waals surface area contributed by atoms with Crippen molar-refractivity contribution in [2.45, 2.75) is 5.54 Å². The van der Waals surface area contributed by atoms with Crippen LogP contribution in [0.3, 0.4) is 0 Å². The molecule has 0 saturated heterocycles. The maximum Gasteiger partial charge on any atom is 0.0948 e. The summed E-state index contributed by atoms with van der Waals surface area (Å²) < 4.78 is 0. The maximum absolute atomic E-state index is 8.95. The summed E-state index contributed by atoms with van der Waals surface area (Å²) in [4.78, 5) is 0. The molecule has 0 fully saturated rings. The predicted octanol–water partition coefficient (Wildman–Crippen LogP) is 4.94. The van der Waals surface area contributed by atoms with Gasteiger partial charge in [-0.25, -0.2) is 0 Å². The molecule has 0 aliphatic heterocycles. The van der Waals surface area contributed by atoms with E-state index in [0.29, 0.717) is 0 Å². The molecule has 0 aliphatic carbocycles. The number of aliphatic hydroxyl groups is 1. The molecular weight excluding hydrogens is 370 g/mol. The van der Waals surface area contributed by atoms with Gasteiger partial charge >= 0.3 is 0 Å². The number of benzene rings is 3. The van der Waals surface area contributed by atoms with E-state index in [1.165, 1.54) is 16.7 Å². The average Bonchev–Trinajstić information content (AvgIpc) is 2.75. The molecule has 4 heteroatoms. The number of rotatable bonds is 10. The molecule has 0 amide bonds. The number of hydrogen-bond acceptors (Lipinski definition) is 4. The summed E-state index contributed by atoms with van der Waals surface area (Å²) in [6.45, 7) is 1.09. The van der Waals surface area contributed by atoms with Gasteiger partial charge in [0.25, 0.3) is 0 Å². The largest absolute Gasteiger partial charge is 0.395 e. The Kier molecular flexibility index (Phi) is 7.84. The molecule has 0 bridgehead atoms. The van der Waals surface area contributed by atoms with Crippen LogP contribution >= 0.6 is 21.6 Å². The lowest BCUT2D eigenvalue weighted by Crippen LogP contribution is -2.45. The van der Waals surface area contributed by atoms with Crippen molar-refractivity contribution in [2.75, 3.05) is 24.7 Å². The molecule has 0 saturated carbocycles. The maximum atomic E-state index is 8.95. The van der Waals surface area contributed by atoms with Crippen LogP contribution in [-0.4, -0.2) is 29.8 Å². The highest BCUT2D eigenvalue weighted by Crippen LogP contribution is 2.36. The minimum absolute atomic E-state index is 0.229. The summed E-state index contributed by atoms with van der Waals surface area (Å²) in [5.74, 6) is 1.74. The van der Waals surface area contributed by atoms with Gasteiger partial charge in [0.05, 0.1) is 12.1 Å². The second-order valence-electron chi connectivity index (χ2n) is 6.14. The van der Waals surface area contributed by atoms with Crippen molar-refractivity contribution in [3.8, 4) is 0 Å². The number of nitrogens with one attached hydrogen (secondary N) is 1. The molecule has 0 radical (unpaired) electrons. The van der Waals surface area contributed by atoms with Gasteiger partial charge in [0.15, 0.2) is 0 Å². The van der Waals surface area contributed by atoms with Crippen LogP contribution in [0.4, 0.5) is 0 Å². The fraction of sp³-hybridized carbons (Fsp3) is 0.217. The van der Waals surface area contributed by atoms with Gasteiger partial charge in [0, 0.05) is 18.1 Å². The monoisotopic (exact) mass is 395 g/mol. The number of hydrogen-bond donors (Lipinski definition) is 2. The van der Waals surface area contributed by atoms with E-state index in [2.05, 4.69) is 96.3 Å². The zero-order valence-corrected chi connectivity index (χ0v) is 16.9. The minimum Gasteiger partial charge on any atom is -0.395 e. The first-order chi connectivity index (χ1) is 13.4. The van der Waals surface area contributed by atoms with Crippen LogP contribution in [0, 0.1) is 0 Å². The van der Waals surface area contributed by atoms with Crippen molar-refractivity contribution in [1.29, 1.82) is 0 Å². The van der Waals surface area contributed by atoms with Crippen molar-refractivity contribution in [3.05, 3.63) is 108 Å². The van der Waals surface area contributed by atoms with E-state index < -0.39 is 5.54 Å². The van der Waals surface area contributed by atoms with Gasteiger partial charge < -0.3 is 5.11 Å². The van der Waals surface area contributed by atoms with Gasteiger partial charge in [-0.3, -0.25) is 5.32 Å². The molecule has 2 N–H and O–H groups in total. The Hall–Kier alpha value is -1.72. The van der Waals surface area contributed by atoms with Gasteiger partial charge in [-0.2, -0.15) is 0 Å². The van der Waals surface area contributed by atoms with Crippen LogP contribution in [0.2, 0.25) is 0 Å². The molecule has 2 nitrogen and oxygen atoms in total.